The van der Waals surface area contributed by atoms with E-state index in [9.17, 15) is 34.2 Å². The monoisotopic (exact) mass is 598 g/mol. The van der Waals surface area contributed by atoms with Crippen molar-refractivity contribution >= 4 is 35.6 Å². The molecule has 0 heterocycles. The van der Waals surface area contributed by atoms with Crippen LogP contribution in [0.25, 0.3) is 0 Å². The van der Waals surface area contributed by atoms with E-state index in [4.69, 9.17) is 22.9 Å². The molecule has 2 aromatic rings. The molecule has 0 saturated carbocycles. The topological polar surface area (TPSA) is 278 Å². The molecule has 15 nitrogen and oxygen atoms in total. The van der Waals surface area contributed by atoms with Crippen LogP contribution in [-0.4, -0.2) is 76.5 Å². The fourth-order valence-electron chi connectivity index (χ4n) is 4.03. The van der Waals surface area contributed by atoms with E-state index in [0.717, 1.165) is 0 Å². The second-order valence-electron chi connectivity index (χ2n) is 9.81. The van der Waals surface area contributed by atoms with E-state index in [1.165, 1.54) is 12.1 Å². The molecule has 2 aromatic carbocycles. The molecule has 4 atom stereocenters. The Labute approximate surface area is 248 Å². The van der Waals surface area contributed by atoms with Gasteiger partial charge in [0.05, 0.1) is 12.5 Å². The Morgan fingerprint density at radius 1 is 0.744 bits per heavy atom. The van der Waals surface area contributed by atoms with Crippen LogP contribution in [-0.2, 0) is 36.8 Å². The fourth-order valence-corrected chi connectivity index (χ4v) is 4.03. The van der Waals surface area contributed by atoms with Gasteiger partial charge in [-0.3, -0.25) is 24.2 Å². The van der Waals surface area contributed by atoms with Crippen molar-refractivity contribution in [2.75, 3.05) is 6.54 Å². The Morgan fingerprint density at radius 2 is 1.30 bits per heavy atom. The number of hydrogen-bond donors (Lipinski definition) is 9. The maximum absolute atomic E-state index is 13.3. The van der Waals surface area contributed by atoms with Crippen LogP contribution in [0, 0.1) is 0 Å². The molecular formula is C28H38N8O7. The summed E-state index contributed by atoms with van der Waals surface area (Å²) in [6.45, 7) is 0.148. The van der Waals surface area contributed by atoms with Crippen molar-refractivity contribution < 1.29 is 34.2 Å². The first kappa shape index (κ1) is 34.0. The molecule has 43 heavy (non-hydrogen) atoms. The van der Waals surface area contributed by atoms with Crippen molar-refractivity contribution in [1.29, 1.82) is 0 Å². The summed E-state index contributed by atoms with van der Waals surface area (Å²) >= 11 is 0. The van der Waals surface area contributed by atoms with Crippen LogP contribution >= 0.6 is 0 Å². The number of carboxylic acids is 1. The maximum Gasteiger partial charge on any atom is 0.326 e. The van der Waals surface area contributed by atoms with E-state index in [1.54, 1.807) is 42.5 Å². The number of phenols is 1. The van der Waals surface area contributed by atoms with Gasteiger partial charge < -0.3 is 49.1 Å². The third-order valence-corrected chi connectivity index (χ3v) is 6.24. The molecule has 15 heteroatoms. The molecule has 0 aliphatic heterocycles. The van der Waals surface area contributed by atoms with Crippen LogP contribution in [0.3, 0.4) is 0 Å². The van der Waals surface area contributed by atoms with Crippen LogP contribution in [0.4, 0.5) is 0 Å². The van der Waals surface area contributed by atoms with Crippen LogP contribution in [0.1, 0.15) is 30.4 Å². The first-order valence-electron chi connectivity index (χ1n) is 13.4. The van der Waals surface area contributed by atoms with Crippen LogP contribution in [0.5, 0.6) is 5.75 Å². The minimum atomic E-state index is -1.48. The Bertz CT molecular complexity index is 1280. The van der Waals surface area contributed by atoms with E-state index in [-0.39, 0.29) is 43.9 Å². The van der Waals surface area contributed by atoms with Gasteiger partial charge in [0.2, 0.25) is 23.6 Å². The molecule has 4 amide bonds. The summed E-state index contributed by atoms with van der Waals surface area (Å²) in [5, 5.41) is 26.4. The van der Waals surface area contributed by atoms with Crippen molar-refractivity contribution in [2.45, 2.75) is 56.3 Å². The van der Waals surface area contributed by atoms with Gasteiger partial charge in [-0.15, -0.1) is 0 Å². The lowest BCUT2D eigenvalue weighted by Crippen LogP contribution is -2.58. The normalized spacial score (nSPS) is 13.4. The number of primary amides is 1. The number of carbonyl (C=O) groups is 5. The van der Waals surface area contributed by atoms with Crippen molar-refractivity contribution in [3.05, 3.63) is 65.7 Å². The second-order valence-corrected chi connectivity index (χ2v) is 9.81. The quantitative estimate of drug-likeness (QED) is 0.0547. The van der Waals surface area contributed by atoms with Gasteiger partial charge in [0.25, 0.3) is 0 Å². The van der Waals surface area contributed by atoms with Gasteiger partial charge in [0.1, 0.15) is 23.9 Å². The lowest BCUT2D eigenvalue weighted by atomic mass is 10.0. The summed E-state index contributed by atoms with van der Waals surface area (Å²) in [5.41, 5.74) is 23.2. The average Bonchev–Trinajstić information content (AvgIpc) is 2.94. The predicted molar refractivity (Wildman–Crippen MR) is 157 cm³/mol. The molecule has 0 radical (unpaired) electrons. The number of carbonyl (C=O) groups excluding carboxylic acids is 4. The largest absolute Gasteiger partial charge is 0.508 e. The number of rotatable bonds is 17. The predicted octanol–water partition coefficient (Wildman–Crippen LogP) is -2.03. The average molecular weight is 599 g/mol. The number of phenolic OH excluding ortho intramolecular Hbond substituents is 1. The first-order chi connectivity index (χ1) is 20.3. The highest BCUT2D eigenvalue weighted by molar-refractivity contribution is 5.96. The molecule has 0 spiro atoms. The fraction of sp³-hybridized carbons (Fsp3) is 0.357. The molecule has 4 unspecified atom stereocenters. The summed E-state index contributed by atoms with van der Waals surface area (Å²) in [6.07, 6.45) is -0.303. The summed E-state index contributed by atoms with van der Waals surface area (Å²) < 4.78 is 0. The van der Waals surface area contributed by atoms with Gasteiger partial charge >= 0.3 is 5.97 Å². The Balaban J connectivity index is 2.19. The van der Waals surface area contributed by atoms with E-state index in [0.29, 0.717) is 11.1 Å². The number of guanidine groups is 1. The number of aliphatic carboxylic acids is 1. The van der Waals surface area contributed by atoms with Gasteiger partial charge in [-0.1, -0.05) is 42.5 Å². The Morgan fingerprint density at radius 3 is 1.88 bits per heavy atom. The van der Waals surface area contributed by atoms with Crippen molar-refractivity contribution in [3.63, 3.8) is 0 Å². The van der Waals surface area contributed by atoms with E-state index >= 15 is 0 Å². The summed E-state index contributed by atoms with van der Waals surface area (Å²) in [4.78, 5) is 66.7. The molecule has 0 bridgehead atoms. The van der Waals surface area contributed by atoms with E-state index in [2.05, 4.69) is 20.9 Å². The van der Waals surface area contributed by atoms with E-state index < -0.39 is 60.2 Å². The number of carboxylic acid groups (broad SMARTS) is 1. The maximum atomic E-state index is 13.3. The van der Waals surface area contributed by atoms with Gasteiger partial charge in [-0.25, -0.2) is 4.79 Å². The first-order valence-corrected chi connectivity index (χ1v) is 13.4. The number of aliphatic imine (C=N–C) groups is 1. The zero-order valence-corrected chi connectivity index (χ0v) is 23.4. The summed E-state index contributed by atoms with van der Waals surface area (Å²) in [6, 6.07) is 9.45. The van der Waals surface area contributed by atoms with Crippen LogP contribution in [0.2, 0.25) is 0 Å². The number of benzene rings is 2. The number of aromatic hydroxyl groups is 1. The molecule has 0 aromatic heterocycles. The molecule has 13 N–H and O–H groups in total. The minimum absolute atomic E-state index is 0.00311. The zero-order valence-electron chi connectivity index (χ0n) is 23.4. The van der Waals surface area contributed by atoms with Gasteiger partial charge in [-0.2, -0.15) is 0 Å². The minimum Gasteiger partial charge on any atom is -0.508 e. The summed E-state index contributed by atoms with van der Waals surface area (Å²) in [7, 11) is 0. The van der Waals surface area contributed by atoms with Gasteiger partial charge in [0, 0.05) is 13.0 Å². The van der Waals surface area contributed by atoms with Crippen molar-refractivity contribution in [1.82, 2.24) is 16.0 Å². The third kappa shape index (κ3) is 12.5. The SMILES string of the molecule is NC(=O)CC(NC(=O)C(N)Cc1ccc(O)cc1)C(=O)NC(Cc1ccccc1)C(=O)NC(CCCN=C(N)N)C(=O)O. The lowest BCUT2D eigenvalue weighted by Gasteiger charge is -2.25. The van der Waals surface area contributed by atoms with Crippen LogP contribution < -0.4 is 38.9 Å². The van der Waals surface area contributed by atoms with Crippen molar-refractivity contribution in [3.8, 4) is 5.75 Å². The third-order valence-electron chi connectivity index (χ3n) is 6.24. The highest BCUT2D eigenvalue weighted by atomic mass is 16.4. The lowest BCUT2D eigenvalue weighted by molar-refractivity contribution is -0.142. The molecular weight excluding hydrogens is 560 g/mol. The smallest absolute Gasteiger partial charge is 0.326 e. The number of nitrogens with one attached hydrogen (secondary N) is 3. The van der Waals surface area contributed by atoms with Gasteiger partial charge in [0.15, 0.2) is 5.96 Å². The van der Waals surface area contributed by atoms with Crippen molar-refractivity contribution in [2.24, 2.45) is 27.9 Å². The number of hydrogen-bond acceptors (Lipinski definition) is 8. The number of amides is 4. The van der Waals surface area contributed by atoms with Gasteiger partial charge in [-0.05, 0) is 42.5 Å². The Hall–Kier alpha value is -5.18. The highest BCUT2D eigenvalue weighted by Crippen LogP contribution is 2.11. The molecule has 2 rings (SSSR count). The van der Waals surface area contributed by atoms with Crippen LogP contribution in [0.15, 0.2) is 59.6 Å². The molecule has 0 fully saturated rings. The molecule has 0 aliphatic rings. The molecule has 0 saturated heterocycles. The molecule has 0 aliphatic carbocycles. The molecule has 232 valence electrons. The summed E-state index contributed by atoms with van der Waals surface area (Å²) in [5.74, 6) is -4.78. The number of nitrogens with zero attached hydrogens (tertiary/aromatic N) is 1. The Kier molecular flexibility index (Phi) is 13.4. The zero-order chi connectivity index (χ0) is 31.9. The second kappa shape index (κ2) is 16.9. The number of nitrogens with two attached hydrogens (primary N) is 4. The van der Waals surface area contributed by atoms with E-state index in [1.807, 2.05) is 0 Å². The standard InChI is InChI=1S/C28H38N8O7/c29-19(13-17-8-10-18(37)11-9-17)24(39)35-22(15-23(30)38)26(41)36-21(14-16-5-2-1-3-6-16)25(40)34-20(27(42)43)7-4-12-33-28(31)32/h1-3,5-6,8-11,19-22,37H,4,7,12-15,29H2,(H2,30,38)(H,34,40)(H,35,39)(H,36,41)(H,42,43)(H4,31,32,33). The highest BCUT2D eigenvalue weighted by Gasteiger charge is 2.31.